The van der Waals surface area contributed by atoms with Crippen molar-refractivity contribution in [3.8, 4) is 0 Å². The van der Waals surface area contributed by atoms with Crippen molar-refractivity contribution in [2.75, 3.05) is 0 Å². The van der Waals surface area contributed by atoms with Gasteiger partial charge in [0.05, 0.1) is 0 Å². The van der Waals surface area contributed by atoms with Gasteiger partial charge in [0.25, 0.3) is 0 Å². The maximum atomic E-state index is 2.29. The molecule has 0 amide bonds. The van der Waals surface area contributed by atoms with E-state index in [1.807, 2.05) is 0 Å². The smallest absolute Gasteiger partial charge is 0.0479 e. The van der Waals surface area contributed by atoms with E-state index in [1.54, 1.807) is 0 Å². The second-order valence-electron chi connectivity index (χ2n) is 6.18. The molecule has 0 saturated heterocycles. The van der Waals surface area contributed by atoms with Crippen molar-refractivity contribution in [2.45, 2.75) is 18.3 Å². The monoisotopic (exact) mass is 284 g/mol. The molecule has 0 aliphatic heterocycles. The molecule has 1 aliphatic carbocycles. The second kappa shape index (κ2) is 5.46. The number of benzene rings is 3. The van der Waals surface area contributed by atoms with Crippen LogP contribution in [0, 0.1) is 5.92 Å². The Morgan fingerprint density at radius 1 is 0.500 bits per heavy atom. The van der Waals surface area contributed by atoms with Crippen molar-refractivity contribution in [1.29, 1.82) is 0 Å². The van der Waals surface area contributed by atoms with Gasteiger partial charge in [0.1, 0.15) is 0 Å². The zero-order valence-electron chi connectivity index (χ0n) is 12.7. The van der Waals surface area contributed by atoms with Crippen LogP contribution in [0.4, 0.5) is 0 Å². The molecule has 0 heterocycles. The Hall–Kier alpha value is -2.34. The molecule has 0 bridgehead atoms. The van der Waals surface area contributed by atoms with Gasteiger partial charge in [-0.3, -0.25) is 0 Å². The minimum atomic E-state index is -0.0101. The average molecular weight is 284 g/mol. The highest BCUT2D eigenvalue weighted by Gasteiger charge is 2.48. The first kappa shape index (κ1) is 13.3. The zero-order chi connectivity index (χ0) is 14.8. The first-order valence-electron chi connectivity index (χ1n) is 8.09. The fourth-order valence-corrected chi connectivity index (χ4v) is 3.83. The lowest BCUT2D eigenvalue weighted by atomic mass is 9.66. The standard InChI is InChI=1S/C22H20/c1-4-10-18(11-5-1)22(21-16-17-21,19-12-6-2-7-13-19)20-14-8-3-9-15-20/h1-15,21H,16-17H2. The molecule has 4 rings (SSSR count). The van der Waals surface area contributed by atoms with E-state index in [0.29, 0.717) is 5.92 Å². The Kier molecular flexibility index (Phi) is 3.31. The zero-order valence-corrected chi connectivity index (χ0v) is 12.7. The van der Waals surface area contributed by atoms with E-state index in [-0.39, 0.29) is 5.41 Å². The van der Waals surface area contributed by atoms with Gasteiger partial charge in [-0.2, -0.15) is 0 Å². The quantitative estimate of drug-likeness (QED) is 0.560. The maximum Gasteiger partial charge on any atom is 0.0479 e. The molecule has 0 spiro atoms. The fraction of sp³-hybridized carbons (Fsp3) is 0.182. The van der Waals surface area contributed by atoms with Crippen molar-refractivity contribution in [1.82, 2.24) is 0 Å². The summed E-state index contributed by atoms with van der Waals surface area (Å²) in [7, 11) is 0. The van der Waals surface area contributed by atoms with Crippen LogP contribution in [0.25, 0.3) is 0 Å². The van der Waals surface area contributed by atoms with E-state index in [0.717, 1.165) is 0 Å². The topological polar surface area (TPSA) is 0 Å². The summed E-state index contributed by atoms with van der Waals surface area (Å²) in [5.41, 5.74) is 4.23. The first-order chi connectivity index (χ1) is 10.9. The van der Waals surface area contributed by atoms with Gasteiger partial charge in [0.2, 0.25) is 0 Å². The summed E-state index contributed by atoms with van der Waals surface area (Å²) in [6.07, 6.45) is 2.61. The Bertz CT molecular complexity index is 628. The van der Waals surface area contributed by atoms with E-state index >= 15 is 0 Å². The summed E-state index contributed by atoms with van der Waals surface area (Å²) in [5, 5.41) is 0. The molecular formula is C22H20. The first-order valence-corrected chi connectivity index (χ1v) is 8.09. The van der Waals surface area contributed by atoms with Gasteiger partial charge in [0, 0.05) is 5.41 Å². The Labute approximate surface area is 132 Å². The normalized spacial score (nSPS) is 14.7. The molecule has 0 heteroatoms. The van der Waals surface area contributed by atoms with Crippen LogP contribution in [0.1, 0.15) is 29.5 Å². The van der Waals surface area contributed by atoms with Gasteiger partial charge in [-0.05, 0) is 35.4 Å². The summed E-state index contributed by atoms with van der Waals surface area (Å²) in [4.78, 5) is 0. The van der Waals surface area contributed by atoms with Crippen molar-refractivity contribution >= 4 is 0 Å². The molecule has 0 unspecified atom stereocenters. The van der Waals surface area contributed by atoms with Gasteiger partial charge in [-0.25, -0.2) is 0 Å². The number of hydrogen-bond donors (Lipinski definition) is 0. The summed E-state index contributed by atoms with van der Waals surface area (Å²) in [6, 6.07) is 33.1. The fourth-order valence-electron chi connectivity index (χ4n) is 3.83. The lowest BCUT2D eigenvalue weighted by Gasteiger charge is -2.36. The average Bonchev–Trinajstić information content (AvgIpc) is 3.44. The van der Waals surface area contributed by atoms with Crippen LogP contribution in [-0.4, -0.2) is 0 Å². The third-order valence-electron chi connectivity index (χ3n) is 4.88. The third-order valence-corrected chi connectivity index (χ3v) is 4.88. The van der Waals surface area contributed by atoms with Gasteiger partial charge in [-0.1, -0.05) is 91.0 Å². The molecule has 1 aliphatic rings. The molecule has 22 heavy (non-hydrogen) atoms. The largest absolute Gasteiger partial charge is 0.0622 e. The van der Waals surface area contributed by atoms with Gasteiger partial charge < -0.3 is 0 Å². The number of rotatable bonds is 4. The Morgan fingerprint density at radius 2 is 0.818 bits per heavy atom. The molecule has 0 radical (unpaired) electrons. The van der Waals surface area contributed by atoms with Crippen LogP contribution in [0.2, 0.25) is 0 Å². The Morgan fingerprint density at radius 3 is 1.09 bits per heavy atom. The molecule has 0 nitrogen and oxygen atoms in total. The molecule has 108 valence electrons. The van der Waals surface area contributed by atoms with Gasteiger partial charge in [-0.15, -0.1) is 0 Å². The number of hydrogen-bond acceptors (Lipinski definition) is 0. The minimum Gasteiger partial charge on any atom is -0.0622 e. The van der Waals surface area contributed by atoms with Crippen LogP contribution in [0.5, 0.6) is 0 Å². The van der Waals surface area contributed by atoms with Crippen molar-refractivity contribution in [2.24, 2.45) is 5.92 Å². The predicted octanol–water partition coefficient (Wildman–Crippen LogP) is 5.43. The predicted molar refractivity (Wildman–Crippen MR) is 91.9 cm³/mol. The van der Waals surface area contributed by atoms with E-state index in [4.69, 9.17) is 0 Å². The molecule has 0 aromatic heterocycles. The maximum absolute atomic E-state index is 2.29. The molecular weight excluding hydrogens is 264 g/mol. The molecule has 0 N–H and O–H groups in total. The van der Waals surface area contributed by atoms with Crippen LogP contribution < -0.4 is 0 Å². The molecule has 1 fully saturated rings. The highest BCUT2D eigenvalue weighted by Crippen LogP contribution is 2.55. The van der Waals surface area contributed by atoms with E-state index in [2.05, 4.69) is 91.0 Å². The third kappa shape index (κ3) is 2.07. The van der Waals surface area contributed by atoms with Crippen molar-refractivity contribution in [3.63, 3.8) is 0 Å². The van der Waals surface area contributed by atoms with Gasteiger partial charge in [0.15, 0.2) is 0 Å². The highest BCUT2D eigenvalue weighted by molar-refractivity contribution is 5.52. The van der Waals surface area contributed by atoms with Crippen molar-refractivity contribution < 1.29 is 0 Å². The van der Waals surface area contributed by atoms with Crippen LogP contribution in [-0.2, 0) is 5.41 Å². The van der Waals surface area contributed by atoms with Gasteiger partial charge >= 0.3 is 0 Å². The molecule has 1 saturated carbocycles. The lowest BCUT2D eigenvalue weighted by Crippen LogP contribution is -2.31. The van der Waals surface area contributed by atoms with E-state index in [1.165, 1.54) is 29.5 Å². The van der Waals surface area contributed by atoms with Crippen LogP contribution >= 0.6 is 0 Å². The van der Waals surface area contributed by atoms with Crippen LogP contribution in [0.3, 0.4) is 0 Å². The Balaban J connectivity index is 2.02. The SMILES string of the molecule is c1ccc(C(c2ccccc2)(c2ccccc2)C2CC2)cc1. The molecule has 3 aromatic carbocycles. The summed E-state index contributed by atoms with van der Waals surface area (Å²) < 4.78 is 0. The molecule has 0 atom stereocenters. The van der Waals surface area contributed by atoms with E-state index < -0.39 is 0 Å². The highest BCUT2D eigenvalue weighted by atomic mass is 14.5. The van der Waals surface area contributed by atoms with Crippen molar-refractivity contribution in [3.05, 3.63) is 108 Å². The van der Waals surface area contributed by atoms with Crippen LogP contribution in [0.15, 0.2) is 91.0 Å². The minimum absolute atomic E-state index is 0.0101. The summed E-state index contributed by atoms with van der Waals surface area (Å²) in [5.74, 6) is 0.694. The van der Waals surface area contributed by atoms with E-state index in [9.17, 15) is 0 Å². The second-order valence-corrected chi connectivity index (χ2v) is 6.18. The summed E-state index contributed by atoms with van der Waals surface area (Å²) >= 11 is 0. The lowest BCUT2D eigenvalue weighted by molar-refractivity contribution is 0.536. The molecule has 3 aromatic rings. The summed E-state index contributed by atoms with van der Waals surface area (Å²) in [6.45, 7) is 0.